The number of carboxylic acids is 1. The van der Waals surface area contributed by atoms with Gasteiger partial charge in [0, 0.05) is 5.56 Å². The van der Waals surface area contributed by atoms with Gasteiger partial charge in [0.1, 0.15) is 11.6 Å². The fraction of sp³-hybridized carbons (Fsp3) is 0.375. The molecule has 112 valence electrons. The largest absolute Gasteiger partial charge is 0.493 e. The molecule has 0 saturated heterocycles. The zero-order valence-corrected chi connectivity index (χ0v) is 12.3. The number of unbranched alkanes of at least 4 members (excludes halogenated alkanes) is 2. The number of hydrogen-bond donors (Lipinski definition) is 1. The van der Waals surface area contributed by atoms with Crippen LogP contribution < -0.4 is 9.47 Å². The van der Waals surface area contributed by atoms with Crippen molar-refractivity contribution in [1.29, 1.82) is 5.26 Å². The zero-order valence-electron chi connectivity index (χ0n) is 12.3. The predicted octanol–water partition coefficient (Wildman–Crippen LogP) is 3.26. The van der Waals surface area contributed by atoms with Gasteiger partial charge in [-0.15, -0.1) is 0 Å². The summed E-state index contributed by atoms with van der Waals surface area (Å²) in [6.45, 7) is 2.62. The average Bonchev–Trinajstić information content (AvgIpc) is 2.49. The van der Waals surface area contributed by atoms with Crippen LogP contribution in [0.2, 0.25) is 0 Å². The van der Waals surface area contributed by atoms with Crippen molar-refractivity contribution in [3.8, 4) is 17.6 Å². The van der Waals surface area contributed by atoms with E-state index in [1.165, 1.54) is 13.2 Å². The van der Waals surface area contributed by atoms with Crippen LogP contribution in [0.1, 0.15) is 31.7 Å². The molecule has 0 aromatic heterocycles. The maximum Gasteiger partial charge on any atom is 0.346 e. The molecule has 0 atom stereocenters. The van der Waals surface area contributed by atoms with Crippen molar-refractivity contribution in [2.24, 2.45) is 0 Å². The van der Waals surface area contributed by atoms with Gasteiger partial charge < -0.3 is 14.6 Å². The van der Waals surface area contributed by atoms with Crippen molar-refractivity contribution >= 4 is 12.0 Å². The topological polar surface area (TPSA) is 79.5 Å². The Morgan fingerprint density at radius 3 is 2.76 bits per heavy atom. The zero-order chi connectivity index (χ0) is 15.7. The summed E-state index contributed by atoms with van der Waals surface area (Å²) < 4.78 is 10.9. The summed E-state index contributed by atoms with van der Waals surface area (Å²) >= 11 is 0. The lowest BCUT2D eigenvalue weighted by atomic mass is 10.1. The Morgan fingerprint density at radius 1 is 1.43 bits per heavy atom. The van der Waals surface area contributed by atoms with Crippen LogP contribution in [0.15, 0.2) is 23.8 Å². The minimum atomic E-state index is -1.27. The predicted molar refractivity (Wildman–Crippen MR) is 79.2 cm³/mol. The fourth-order valence-electron chi connectivity index (χ4n) is 1.79. The van der Waals surface area contributed by atoms with E-state index >= 15 is 0 Å². The van der Waals surface area contributed by atoms with Crippen LogP contribution in [-0.4, -0.2) is 24.8 Å². The molecule has 0 bridgehead atoms. The number of rotatable bonds is 8. The molecule has 0 unspecified atom stereocenters. The van der Waals surface area contributed by atoms with Crippen LogP contribution in [0.25, 0.3) is 6.08 Å². The van der Waals surface area contributed by atoms with Crippen molar-refractivity contribution in [3.05, 3.63) is 29.3 Å². The highest BCUT2D eigenvalue weighted by Gasteiger charge is 2.12. The molecule has 1 aromatic rings. The highest BCUT2D eigenvalue weighted by molar-refractivity contribution is 5.97. The van der Waals surface area contributed by atoms with Crippen molar-refractivity contribution in [2.45, 2.75) is 26.2 Å². The van der Waals surface area contributed by atoms with E-state index in [9.17, 15) is 4.79 Å². The molecule has 0 amide bonds. The van der Waals surface area contributed by atoms with Gasteiger partial charge in [0.05, 0.1) is 13.7 Å². The lowest BCUT2D eigenvalue weighted by Gasteiger charge is -2.13. The Bertz CT molecular complexity index is 558. The number of para-hydroxylation sites is 1. The fourth-order valence-corrected chi connectivity index (χ4v) is 1.79. The number of benzene rings is 1. The van der Waals surface area contributed by atoms with Gasteiger partial charge in [-0.2, -0.15) is 5.26 Å². The summed E-state index contributed by atoms with van der Waals surface area (Å²) in [5, 5.41) is 17.8. The Balaban J connectivity index is 3.08. The summed E-state index contributed by atoms with van der Waals surface area (Å²) in [6, 6.07) is 6.81. The number of nitrogens with zero attached hydrogens (tertiary/aromatic N) is 1. The van der Waals surface area contributed by atoms with Crippen molar-refractivity contribution in [3.63, 3.8) is 0 Å². The first-order chi connectivity index (χ1) is 10.1. The van der Waals surface area contributed by atoms with E-state index < -0.39 is 5.97 Å². The molecule has 0 aliphatic carbocycles. The van der Waals surface area contributed by atoms with E-state index in [2.05, 4.69) is 6.92 Å². The smallest absolute Gasteiger partial charge is 0.346 e. The van der Waals surface area contributed by atoms with Crippen LogP contribution >= 0.6 is 0 Å². The summed E-state index contributed by atoms with van der Waals surface area (Å²) in [7, 11) is 1.52. The molecular weight excluding hydrogens is 270 g/mol. The molecule has 5 heteroatoms. The highest BCUT2D eigenvalue weighted by Crippen LogP contribution is 2.32. The van der Waals surface area contributed by atoms with Gasteiger partial charge in [-0.05, 0) is 18.6 Å². The van der Waals surface area contributed by atoms with E-state index in [-0.39, 0.29) is 5.57 Å². The molecule has 0 aliphatic heterocycles. The average molecular weight is 289 g/mol. The van der Waals surface area contributed by atoms with E-state index in [1.54, 1.807) is 24.3 Å². The van der Waals surface area contributed by atoms with Gasteiger partial charge in [-0.25, -0.2) is 4.79 Å². The Kier molecular flexibility index (Phi) is 6.82. The Morgan fingerprint density at radius 2 is 2.19 bits per heavy atom. The third kappa shape index (κ3) is 4.84. The standard InChI is InChI=1S/C16H19NO4/c1-3-4-5-9-21-15-12(7-6-8-14(15)20-2)10-13(11-17)16(18)19/h6-8,10H,3-5,9H2,1-2H3,(H,18,19). The van der Waals surface area contributed by atoms with Gasteiger partial charge in [-0.3, -0.25) is 0 Å². The maximum absolute atomic E-state index is 10.9. The van der Waals surface area contributed by atoms with Gasteiger partial charge >= 0.3 is 5.97 Å². The van der Waals surface area contributed by atoms with Crippen LogP contribution in [0.3, 0.4) is 0 Å². The molecule has 1 aromatic carbocycles. The van der Waals surface area contributed by atoms with Crippen LogP contribution in [0, 0.1) is 11.3 Å². The second-order valence-electron chi connectivity index (χ2n) is 4.41. The molecule has 0 aliphatic rings. The van der Waals surface area contributed by atoms with Crippen molar-refractivity contribution < 1.29 is 19.4 Å². The second kappa shape index (κ2) is 8.64. The highest BCUT2D eigenvalue weighted by atomic mass is 16.5. The van der Waals surface area contributed by atoms with E-state index in [4.69, 9.17) is 19.8 Å². The van der Waals surface area contributed by atoms with Gasteiger partial charge in [0.15, 0.2) is 11.5 Å². The third-order valence-corrected chi connectivity index (χ3v) is 2.87. The molecular formula is C16H19NO4. The molecule has 5 nitrogen and oxygen atoms in total. The molecule has 0 fully saturated rings. The maximum atomic E-state index is 10.9. The number of methoxy groups -OCH3 is 1. The van der Waals surface area contributed by atoms with Crippen LogP contribution in [0.4, 0.5) is 0 Å². The number of carbonyl (C=O) groups is 1. The second-order valence-corrected chi connectivity index (χ2v) is 4.41. The summed E-state index contributed by atoms with van der Waals surface area (Å²) in [4.78, 5) is 10.9. The summed E-state index contributed by atoms with van der Waals surface area (Å²) in [5.74, 6) is -0.287. The van der Waals surface area contributed by atoms with Crippen LogP contribution in [-0.2, 0) is 4.79 Å². The van der Waals surface area contributed by atoms with Gasteiger partial charge in [0.25, 0.3) is 0 Å². The first kappa shape index (κ1) is 16.6. The quantitative estimate of drug-likeness (QED) is 0.451. The molecule has 0 radical (unpaired) electrons. The van der Waals surface area contributed by atoms with E-state index in [0.717, 1.165) is 19.3 Å². The minimum absolute atomic E-state index is 0.346. The van der Waals surface area contributed by atoms with Gasteiger partial charge in [-0.1, -0.05) is 31.9 Å². The Hall–Kier alpha value is -2.48. The number of hydrogen-bond acceptors (Lipinski definition) is 4. The van der Waals surface area contributed by atoms with E-state index in [1.807, 2.05) is 0 Å². The SMILES string of the molecule is CCCCCOc1c(C=C(C#N)C(=O)O)cccc1OC. The first-order valence-electron chi connectivity index (χ1n) is 6.78. The summed E-state index contributed by atoms with van der Waals surface area (Å²) in [5.41, 5.74) is 0.173. The van der Waals surface area contributed by atoms with Crippen molar-refractivity contribution in [2.75, 3.05) is 13.7 Å². The normalized spacial score (nSPS) is 10.8. The molecule has 0 spiro atoms. The lowest BCUT2D eigenvalue weighted by molar-refractivity contribution is -0.132. The number of carboxylic acid groups (broad SMARTS) is 1. The monoisotopic (exact) mass is 289 g/mol. The molecule has 21 heavy (non-hydrogen) atoms. The van der Waals surface area contributed by atoms with Crippen LogP contribution in [0.5, 0.6) is 11.5 Å². The van der Waals surface area contributed by atoms with Gasteiger partial charge in [0.2, 0.25) is 0 Å². The number of aliphatic carboxylic acids is 1. The molecule has 1 rings (SSSR count). The first-order valence-corrected chi connectivity index (χ1v) is 6.78. The molecule has 1 N–H and O–H groups in total. The van der Waals surface area contributed by atoms with Crippen molar-refractivity contribution in [1.82, 2.24) is 0 Å². The lowest BCUT2D eigenvalue weighted by Crippen LogP contribution is -2.02. The molecule has 0 saturated carbocycles. The number of ether oxygens (including phenoxy) is 2. The summed E-state index contributed by atoms with van der Waals surface area (Å²) in [6.07, 6.45) is 4.33. The van der Waals surface area contributed by atoms with E-state index in [0.29, 0.717) is 23.7 Å². The minimum Gasteiger partial charge on any atom is -0.493 e. The third-order valence-electron chi connectivity index (χ3n) is 2.87. The Labute approximate surface area is 124 Å². The molecule has 0 heterocycles. The number of nitriles is 1.